The molecule has 0 unspecified atom stereocenters. The van der Waals surface area contributed by atoms with Gasteiger partial charge in [0.1, 0.15) is 11.5 Å². The van der Waals surface area contributed by atoms with Crippen molar-refractivity contribution in [3.8, 4) is 11.3 Å². The molecule has 0 bridgehead atoms. The van der Waals surface area contributed by atoms with Crippen LogP contribution in [0.15, 0.2) is 28.9 Å². The summed E-state index contributed by atoms with van der Waals surface area (Å²) in [6.07, 6.45) is 9.14. The maximum atomic E-state index is 14.0. The van der Waals surface area contributed by atoms with Gasteiger partial charge in [-0.05, 0) is 31.0 Å². The van der Waals surface area contributed by atoms with Gasteiger partial charge in [-0.2, -0.15) is 5.10 Å². The van der Waals surface area contributed by atoms with Gasteiger partial charge in [0.2, 0.25) is 0 Å². The number of nitrogen functional groups attached to an aromatic ring is 1. The van der Waals surface area contributed by atoms with Gasteiger partial charge in [-0.25, -0.2) is 4.39 Å². The number of benzene rings is 1. The number of anilines is 1. The van der Waals surface area contributed by atoms with E-state index in [1.807, 2.05) is 10.9 Å². The molecule has 0 aliphatic heterocycles. The van der Waals surface area contributed by atoms with Crippen molar-refractivity contribution in [2.24, 2.45) is 0 Å². The minimum absolute atomic E-state index is 0.295. The normalized spacial score (nSPS) is 16.9. The van der Waals surface area contributed by atoms with Crippen molar-refractivity contribution in [2.45, 2.75) is 44.6 Å². The standard InChI is InChI=1S/C16H19BrFN3/c17-11-7-8-14(18)13(9-11)16-15(19)10-21(20-16)12-5-3-1-2-4-6-12/h7-10,12H,1-6,19H2. The van der Waals surface area contributed by atoms with Crippen LogP contribution in [0.25, 0.3) is 11.3 Å². The molecule has 1 aromatic heterocycles. The van der Waals surface area contributed by atoms with Gasteiger partial charge in [0.15, 0.2) is 0 Å². The van der Waals surface area contributed by atoms with E-state index in [0.29, 0.717) is 23.0 Å². The van der Waals surface area contributed by atoms with Crippen LogP contribution in [-0.2, 0) is 0 Å². The Hall–Kier alpha value is -1.36. The predicted molar refractivity (Wildman–Crippen MR) is 86.5 cm³/mol. The first-order valence-electron chi connectivity index (χ1n) is 7.45. The van der Waals surface area contributed by atoms with Crippen LogP contribution in [-0.4, -0.2) is 9.78 Å². The number of rotatable bonds is 2. The Morgan fingerprint density at radius 1 is 1.19 bits per heavy atom. The number of hydrogen-bond acceptors (Lipinski definition) is 2. The summed E-state index contributed by atoms with van der Waals surface area (Å²) in [5.74, 6) is -0.295. The van der Waals surface area contributed by atoms with E-state index in [-0.39, 0.29) is 5.82 Å². The van der Waals surface area contributed by atoms with E-state index in [2.05, 4.69) is 21.0 Å². The summed E-state index contributed by atoms with van der Waals surface area (Å²) in [5, 5.41) is 4.58. The van der Waals surface area contributed by atoms with Crippen molar-refractivity contribution in [2.75, 3.05) is 5.73 Å². The first-order valence-corrected chi connectivity index (χ1v) is 8.24. The summed E-state index contributed by atoms with van der Waals surface area (Å²) in [5.41, 5.74) is 7.60. The molecule has 21 heavy (non-hydrogen) atoms. The molecule has 1 saturated carbocycles. The summed E-state index contributed by atoms with van der Waals surface area (Å²) >= 11 is 3.37. The Balaban J connectivity index is 1.95. The summed E-state index contributed by atoms with van der Waals surface area (Å²) in [7, 11) is 0. The SMILES string of the molecule is Nc1cn(C2CCCCCC2)nc1-c1cc(Br)ccc1F. The molecule has 2 aromatic rings. The van der Waals surface area contributed by atoms with Gasteiger partial charge in [-0.1, -0.05) is 41.6 Å². The van der Waals surface area contributed by atoms with Crippen LogP contribution in [0.3, 0.4) is 0 Å². The summed E-state index contributed by atoms with van der Waals surface area (Å²) in [4.78, 5) is 0. The molecule has 1 aliphatic rings. The van der Waals surface area contributed by atoms with Crippen LogP contribution < -0.4 is 5.73 Å². The highest BCUT2D eigenvalue weighted by Crippen LogP contribution is 2.33. The monoisotopic (exact) mass is 351 g/mol. The van der Waals surface area contributed by atoms with E-state index in [4.69, 9.17) is 5.73 Å². The molecule has 0 amide bonds. The number of halogens is 2. The van der Waals surface area contributed by atoms with E-state index < -0.39 is 0 Å². The van der Waals surface area contributed by atoms with Crippen molar-refractivity contribution in [1.29, 1.82) is 0 Å². The van der Waals surface area contributed by atoms with Gasteiger partial charge in [-0.15, -0.1) is 0 Å². The lowest BCUT2D eigenvalue weighted by molar-refractivity contribution is 0.406. The lowest BCUT2D eigenvalue weighted by Crippen LogP contribution is -2.08. The van der Waals surface area contributed by atoms with E-state index in [1.54, 1.807) is 12.1 Å². The van der Waals surface area contributed by atoms with Crippen LogP contribution in [0.1, 0.15) is 44.6 Å². The summed E-state index contributed by atoms with van der Waals surface area (Å²) < 4.78 is 16.8. The van der Waals surface area contributed by atoms with E-state index in [0.717, 1.165) is 17.3 Å². The van der Waals surface area contributed by atoms with Crippen molar-refractivity contribution in [3.05, 3.63) is 34.7 Å². The third-order valence-electron chi connectivity index (χ3n) is 4.14. The van der Waals surface area contributed by atoms with Crippen LogP contribution in [0.5, 0.6) is 0 Å². The average molecular weight is 352 g/mol. The fraction of sp³-hybridized carbons (Fsp3) is 0.438. The lowest BCUT2D eigenvalue weighted by atomic mass is 10.1. The summed E-state index contributed by atoms with van der Waals surface area (Å²) in [6, 6.07) is 5.23. The maximum Gasteiger partial charge on any atom is 0.132 e. The number of nitrogens with zero attached hydrogens (tertiary/aromatic N) is 2. The maximum absolute atomic E-state index is 14.0. The molecule has 3 rings (SSSR count). The van der Waals surface area contributed by atoms with E-state index >= 15 is 0 Å². The van der Waals surface area contributed by atoms with Gasteiger partial charge in [0.05, 0.1) is 11.7 Å². The molecule has 0 atom stereocenters. The fourth-order valence-electron chi connectivity index (χ4n) is 3.00. The highest BCUT2D eigenvalue weighted by molar-refractivity contribution is 9.10. The zero-order valence-corrected chi connectivity index (χ0v) is 13.4. The second-order valence-electron chi connectivity index (χ2n) is 5.68. The molecule has 1 heterocycles. The van der Waals surface area contributed by atoms with Crippen molar-refractivity contribution in [3.63, 3.8) is 0 Å². The Kier molecular flexibility index (Phi) is 4.29. The molecule has 1 aliphatic carbocycles. The Bertz CT molecular complexity index is 630. The van der Waals surface area contributed by atoms with E-state index in [1.165, 1.54) is 31.7 Å². The third-order valence-corrected chi connectivity index (χ3v) is 4.64. The van der Waals surface area contributed by atoms with Crippen LogP contribution in [0, 0.1) is 5.82 Å². The molecule has 0 radical (unpaired) electrons. The van der Waals surface area contributed by atoms with Gasteiger partial charge in [0.25, 0.3) is 0 Å². The molecule has 0 saturated heterocycles. The molecular weight excluding hydrogens is 333 g/mol. The Morgan fingerprint density at radius 2 is 1.90 bits per heavy atom. The molecule has 112 valence electrons. The van der Waals surface area contributed by atoms with Crippen LogP contribution in [0.2, 0.25) is 0 Å². The molecule has 2 N–H and O–H groups in total. The van der Waals surface area contributed by atoms with E-state index in [9.17, 15) is 4.39 Å². The first-order chi connectivity index (χ1) is 10.1. The van der Waals surface area contributed by atoms with Crippen molar-refractivity contribution >= 4 is 21.6 Å². The number of nitrogens with two attached hydrogens (primary N) is 1. The van der Waals surface area contributed by atoms with Crippen LogP contribution >= 0.6 is 15.9 Å². The summed E-state index contributed by atoms with van der Waals surface area (Å²) in [6.45, 7) is 0. The second kappa shape index (κ2) is 6.18. The molecule has 5 heteroatoms. The highest BCUT2D eigenvalue weighted by Gasteiger charge is 2.19. The highest BCUT2D eigenvalue weighted by atomic mass is 79.9. The zero-order chi connectivity index (χ0) is 14.8. The Labute approximate surface area is 132 Å². The third kappa shape index (κ3) is 3.12. The average Bonchev–Trinajstić information content (AvgIpc) is 2.69. The van der Waals surface area contributed by atoms with Gasteiger partial charge < -0.3 is 5.73 Å². The van der Waals surface area contributed by atoms with Gasteiger partial charge >= 0.3 is 0 Å². The second-order valence-corrected chi connectivity index (χ2v) is 6.60. The molecule has 1 aromatic carbocycles. The fourth-order valence-corrected chi connectivity index (χ4v) is 3.36. The quantitative estimate of drug-likeness (QED) is 0.779. The zero-order valence-electron chi connectivity index (χ0n) is 11.9. The minimum atomic E-state index is -0.295. The number of aromatic nitrogens is 2. The van der Waals surface area contributed by atoms with Crippen LogP contribution in [0.4, 0.5) is 10.1 Å². The van der Waals surface area contributed by atoms with Crippen molar-refractivity contribution in [1.82, 2.24) is 9.78 Å². The van der Waals surface area contributed by atoms with Crippen molar-refractivity contribution < 1.29 is 4.39 Å². The van der Waals surface area contributed by atoms with Gasteiger partial charge in [0, 0.05) is 16.2 Å². The molecule has 0 spiro atoms. The Morgan fingerprint density at radius 3 is 2.62 bits per heavy atom. The smallest absolute Gasteiger partial charge is 0.132 e. The largest absolute Gasteiger partial charge is 0.396 e. The topological polar surface area (TPSA) is 43.8 Å². The lowest BCUT2D eigenvalue weighted by Gasteiger charge is -2.14. The minimum Gasteiger partial charge on any atom is -0.396 e. The molecule has 3 nitrogen and oxygen atoms in total. The molecular formula is C16H19BrFN3. The molecule has 1 fully saturated rings. The first kappa shape index (κ1) is 14.6. The number of hydrogen-bond donors (Lipinski definition) is 1. The predicted octanol–water partition coefficient (Wildman–Crippen LogP) is 4.93. The van der Waals surface area contributed by atoms with Gasteiger partial charge in [-0.3, -0.25) is 4.68 Å².